The van der Waals surface area contributed by atoms with Gasteiger partial charge in [-0.05, 0) is 26.2 Å². The summed E-state index contributed by atoms with van der Waals surface area (Å²) in [5, 5.41) is 13.3. The summed E-state index contributed by atoms with van der Waals surface area (Å²) >= 11 is 0. The fourth-order valence-electron chi connectivity index (χ4n) is 2.71. The van der Waals surface area contributed by atoms with Crippen LogP contribution in [0.5, 0.6) is 0 Å². The zero-order valence-corrected chi connectivity index (χ0v) is 17.4. The van der Waals surface area contributed by atoms with Crippen LogP contribution in [0.1, 0.15) is 41.5 Å². The zero-order valence-electron chi connectivity index (χ0n) is 17.4. The van der Waals surface area contributed by atoms with Crippen LogP contribution in [0.3, 0.4) is 0 Å². The second kappa shape index (κ2) is 9.14. The molecule has 1 fully saturated rings. The third-order valence-corrected chi connectivity index (χ3v) is 4.02. The topological polar surface area (TPSA) is 103 Å². The van der Waals surface area contributed by atoms with Crippen LogP contribution in [-0.4, -0.2) is 67.4 Å². The molecule has 0 radical (unpaired) electrons. The number of rotatable bonds is 6. The minimum Gasteiger partial charge on any atom is -0.467 e. The quantitative estimate of drug-likeness (QED) is 0.521. The Labute approximate surface area is 161 Å². The van der Waals surface area contributed by atoms with E-state index in [0.29, 0.717) is 0 Å². The fraction of sp³-hybridized carbons (Fsp3) is 0.789. The lowest BCUT2D eigenvalue weighted by Crippen LogP contribution is -2.61. The van der Waals surface area contributed by atoms with Crippen molar-refractivity contribution in [1.29, 1.82) is 0 Å². The maximum absolute atomic E-state index is 12.6. The van der Waals surface area contributed by atoms with Crippen molar-refractivity contribution in [1.82, 2.24) is 5.32 Å². The van der Waals surface area contributed by atoms with E-state index in [-0.39, 0.29) is 5.41 Å². The number of allylic oxidation sites excluding steroid dienone is 1. The molecule has 156 valence electrons. The first-order chi connectivity index (χ1) is 12.3. The molecule has 0 aliphatic carbocycles. The third-order valence-electron chi connectivity index (χ3n) is 4.02. The number of hydrogen-bond donors (Lipinski definition) is 2. The summed E-state index contributed by atoms with van der Waals surface area (Å²) in [5.74, 6) is -2.21. The maximum Gasteiger partial charge on any atom is 0.328 e. The predicted molar refractivity (Wildman–Crippen MR) is 98.8 cm³/mol. The molecule has 0 aromatic heterocycles. The lowest BCUT2D eigenvalue weighted by Gasteiger charge is -2.45. The van der Waals surface area contributed by atoms with Crippen molar-refractivity contribution >= 4 is 11.9 Å². The predicted octanol–water partition coefficient (Wildman–Crippen LogP) is 1.16. The Kier molecular flexibility index (Phi) is 7.98. The summed E-state index contributed by atoms with van der Waals surface area (Å²) in [6.45, 7) is 11.0. The Bertz CT molecular complexity index is 553. The molecule has 5 atom stereocenters. The number of hydrogen-bond acceptors (Lipinski definition) is 7. The number of nitrogens with one attached hydrogen (secondary N) is 1. The number of ether oxygens (including phenoxy) is 4. The molecule has 1 aliphatic rings. The van der Waals surface area contributed by atoms with Gasteiger partial charge < -0.3 is 29.4 Å². The third kappa shape index (κ3) is 6.88. The number of aliphatic hydroxyl groups is 1. The molecule has 0 spiro atoms. The van der Waals surface area contributed by atoms with Crippen LogP contribution in [-0.2, 0) is 28.5 Å². The number of carbonyl (C=O) groups excluding carboxylic acids is 2. The van der Waals surface area contributed by atoms with Gasteiger partial charge in [-0.3, -0.25) is 4.79 Å². The molecule has 8 nitrogen and oxygen atoms in total. The Morgan fingerprint density at radius 3 is 2.30 bits per heavy atom. The normalized spacial score (nSPS) is 27.8. The van der Waals surface area contributed by atoms with E-state index in [4.69, 9.17) is 14.2 Å². The van der Waals surface area contributed by atoms with Crippen LogP contribution in [0.25, 0.3) is 0 Å². The first-order valence-electron chi connectivity index (χ1n) is 8.95. The van der Waals surface area contributed by atoms with E-state index in [1.54, 1.807) is 19.9 Å². The molecule has 0 bridgehead atoms. The second-order valence-electron chi connectivity index (χ2n) is 8.19. The molecule has 8 heteroatoms. The van der Waals surface area contributed by atoms with Crippen LogP contribution in [0.2, 0.25) is 0 Å². The highest BCUT2D eigenvalue weighted by Crippen LogP contribution is 2.31. The molecular weight excluding hydrogens is 354 g/mol. The molecular formula is C19H33NO7. The largest absolute Gasteiger partial charge is 0.467 e. The van der Waals surface area contributed by atoms with Crippen molar-refractivity contribution in [3.05, 3.63) is 12.2 Å². The summed E-state index contributed by atoms with van der Waals surface area (Å²) < 4.78 is 21.5. The zero-order chi connectivity index (χ0) is 21.0. The van der Waals surface area contributed by atoms with Gasteiger partial charge >= 0.3 is 5.97 Å². The molecule has 0 saturated carbocycles. The highest BCUT2D eigenvalue weighted by atomic mass is 16.7. The molecule has 1 amide bonds. The number of esters is 1. The summed E-state index contributed by atoms with van der Waals surface area (Å²) in [6, 6.07) is -0.860. The van der Waals surface area contributed by atoms with Gasteiger partial charge in [-0.25, -0.2) is 4.79 Å². The summed E-state index contributed by atoms with van der Waals surface area (Å²) in [7, 11) is 2.57. The van der Waals surface area contributed by atoms with E-state index in [0.717, 1.165) is 0 Å². The molecule has 1 rings (SSSR count). The van der Waals surface area contributed by atoms with Crippen molar-refractivity contribution in [3.63, 3.8) is 0 Å². The van der Waals surface area contributed by atoms with Crippen LogP contribution in [0.4, 0.5) is 0 Å². The first kappa shape index (κ1) is 23.6. The van der Waals surface area contributed by atoms with Crippen molar-refractivity contribution < 1.29 is 33.6 Å². The number of methoxy groups -OCH3 is 2. The molecule has 27 heavy (non-hydrogen) atoms. The van der Waals surface area contributed by atoms with E-state index < -0.39 is 48.1 Å². The Hall–Kier alpha value is -1.48. The van der Waals surface area contributed by atoms with Crippen molar-refractivity contribution in [2.45, 2.75) is 77.8 Å². The summed E-state index contributed by atoms with van der Waals surface area (Å²) in [5.41, 5.74) is -0.102. The van der Waals surface area contributed by atoms with Gasteiger partial charge in [0.25, 0.3) is 5.91 Å². The van der Waals surface area contributed by atoms with E-state index in [1.807, 2.05) is 26.8 Å². The highest BCUT2D eigenvalue weighted by molar-refractivity contribution is 5.87. The standard InChI is InChI=1S/C19H33NO7/c1-11(17(23)25-8)20-16(22)15(24-7)14-13(21)12(9-10-18(2,3)4)26-19(5,6)27-14/h9-15,21H,1-8H3,(H,20,22)/b10-9+/t11-,12+,13-,14+,15+/m0/s1. The smallest absolute Gasteiger partial charge is 0.328 e. The SMILES string of the molecule is COC(=O)[C@H](C)NC(=O)[C@H](OC)[C@@H]1OC(C)(C)O[C@H](/C=C/C(C)(C)C)[C@@H]1O. The van der Waals surface area contributed by atoms with Gasteiger partial charge in [0.15, 0.2) is 11.9 Å². The van der Waals surface area contributed by atoms with E-state index >= 15 is 0 Å². The van der Waals surface area contributed by atoms with Crippen LogP contribution in [0, 0.1) is 5.41 Å². The average Bonchev–Trinajstić information content (AvgIpc) is 2.55. The molecule has 1 saturated heterocycles. The molecule has 1 aliphatic heterocycles. The lowest BCUT2D eigenvalue weighted by molar-refractivity contribution is -0.334. The summed E-state index contributed by atoms with van der Waals surface area (Å²) in [6.07, 6.45) is -0.245. The number of aliphatic hydroxyl groups excluding tert-OH is 1. The fourth-order valence-corrected chi connectivity index (χ4v) is 2.71. The summed E-state index contributed by atoms with van der Waals surface area (Å²) in [4.78, 5) is 24.1. The van der Waals surface area contributed by atoms with E-state index in [9.17, 15) is 14.7 Å². The van der Waals surface area contributed by atoms with Crippen molar-refractivity contribution in [3.8, 4) is 0 Å². The molecule has 0 unspecified atom stereocenters. The van der Waals surface area contributed by atoms with Crippen LogP contribution >= 0.6 is 0 Å². The number of amides is 1. The van der Waals surface area contributed by atoms with Gasteiger partial charge in [0.1, 0.15) is 24.4 Å². The van der Waals surface area contributed by atoms with Gasteiger partial charge in [-0.15, -0.1) is 0 Å². The van der Waals surface area contributed by atoms with Gasteiger partial charge in [-0.2, -0.15) is 0 Å². The van der Waals surface area contributed by atoms with Gasteiger partial charge in [-0.1, -0.05) is 32.9 Å². The average molecular weight is 387 g/mol. The van der Waals surface area contributed by atoms with Crippen LogP contribution < -0.4 is 5.32 Å². The number of carbonyl (C=O) groups is 2. The van der Waals surface area contributed by atoms with Gasteiger partial charge in [0.05, 0.1) is 7.11 Å². The Morgan fingerprint density at radius 1 is 1.22 bits per heavy atom. The van der Waals surface area contributed by atoms with Crippen molar-refractivity contribution in [2.24, 2.45) is 5.41 Å². The molecule has 0 aromatic carbocycles. The molecule has 2 N–H and O–H groups in total. The Balaban J connectivity index is 3.02. The first-order valence-corrected chi connectivity index (χ1v) is 8.95. The maximum atomic E-state index is 12.6. The second-order valence-corrected chi connectivity index (χ2v) is 8.19. The molecule has 0 aromatic rings. The lowest BCUT2D eigenvalue weighted by atomic mass is 9.93. The minimum absolute atomic E-state index is 0.102. The van der Waals surface area contributed by atoms with Crippen molar-refractivity contribution in [2.75, 3.05) is 14.2 Å². The van der Waals surface area contributed by atoms with Gasteiger partial charge in [0.2, 0.25) is 0 Å². The van der Waals surface area contributed by atoms with Gasteiger partial charge in [0, 0.05) is 7.11 Å². The highest BCUT2D eigenvalue weighted by Gasteiger charge is 2.47. The monoisotopic (exact) mass is 387 g/mol. The van der Waals surface area contributed by atoms with E-state index in [1.165, 1.54) is 21.1 Å². The molecule has 1 heterocycles. The van der Waals surface area contributed by atoms with E-state index in [2.05, 4.69) is 10.1 Å². The van der Waals surface area contributed by atoms with Crippen LogP contribution in [0.15, 0.2) is 12.2 Å². The Morgan fingerprint density at radius 2 is 1.81 bits per heavy atom. The minimum atomic E-state index is -1.14.